The number of hydrogen-bond acceptors (Lipinski definition) is 6. The Kier molecular flexibility index (Phi) is 5.22. The van der Waals surface area contributed by atoms with Crippen molar-refractivity contribution in [2.75, 3.05) is 5.32 Å². The van der Waals surface area contributed by atoms with Crippen molar-refractivity contribution in [1.82, 2.24) is 9.97 Å². The fourth-order valence-electron chi connectivity index (χ4n) is 2.36. The molecule has 0 saturated heterocycles. The largest absolute Gasteiger partial charge is 0.503 e. The number of halogens is 3. The summed E-state index contributed by atoms with van der Waals surface area (Å²) in [7, 11) is -5.78. The molecule has 1 amide bonds. The Morgan fingerprint density at radius 1 is 1.11 bits per heavy atom. The number of nitrogens with one attached hydrogen (secondary N) is 1. The third-order valence-electron chi connectivity index (χ3n) is 3.63. The van der Waals surface area contributed by atoms with Gasteiger partial charge in [-0.1, -0.05) is 41.7 Å². The van der Waals surface area contributed by atoms with E-state index in [2.05, 4.69) is 15.3 Å². The molecule has 28 heavy (non-hydrogen) atoms. The van der Waals surface area contributed by atoms with Gasteiger partial charge in [0.05, 0.1) is 16.1 Å². The van der Waals surface area contributed by atoms with Gasteiger partial charge in [-0.15, -0.1) is 0 Å². The van der Waals surface area contributed by atoms with Gasteiger partial charge in [0, 0.05) is 6.20 Å². The average Bonchev–Trinajstić information content (AvgIpc) is 3.01. The van der Waals surface area contributed by atoms with Gasteiger partial charge in [0.15, 0.2) is 10.2 Å². The quantitative estimate of drug-likeness (QED) is 0.678. The van der Waals surface area contributed by atoms with Gasteiger partial charge in [-0.05, 0) is 24.6 Å². The standard InChI is InChI=1S/C17H12F3N3O3S2/c1-10-13(11-6-3-2-4-7-11)27-16(22-10)23-14(24)12-8-5-9-21-15(12)28(25,26)17(18,19)20/h2-9H,1H3,(H,22,23,24). The number of aryl methyl sites for hydroxylation is 1. The van der Waals surface area contributed by atoms with Gasteiger partial charge in [-0.25, -0.2) is 18.4 Å². The van der Waals surface area contributed by atoms with Crippen LogP contribution in [-0.4, -0.2) is 29.8 Å². The Labute approximate surface area is 162 Å². The molecule has 0 unspecified atom stereocenters. The van der Waals surface area contributed by atoms with E-state index in [0.29, 0.717) is 5.69 Å². The lowest BCUT2D eigenvalue weighted by Gasteiger charge is -2.10. The minimum atomic E-state index is -5.78. The number of benzene rings is 1. The lowest BCUT2D eigenvalue weighted by Crippen LogP contribution is -2.27. The van der Waals surface area contributed by atoms with Crippen molar-refractivity contribution in [2.24, 2.45) is 0 Å². The second kappa shape index (κ2) is 7.32. The molecule has 0 spiro atoms. The molecule has 0 saturated carbocycles. The number of alkyl halides is 3. The minimum absolute atomic E-state index is 0.126. The maximum atomic E-state index is 12.9. The van der Waals surface area contributed by atoms with Gasteiger partial charge in [-0.3, -0.25) is 10.1 Å². The number of carbonyl (C=O) groups excluding carboxylic acids is 1. The van der Waals surface area contributed by atoms with Gasteiger partial charge in [0.1, 0.15) is 0 Å². The van der Waals surface area contributed by atoms with Crippen molar-refractivity contribution in [2.45, 2.75) is 17.5 Å². The summed E-state index contributed by atoms with van der Waals surface area (Å²) in [6, 6.07) is 11.3. The molecular formula is C17H12F3N3O3S2. The number of thiazole rings is 1. The van der Waals surface area contributed by atoms with Crippen molar-refractivity contribution in [3.8, 4) is 10.4 Å². The molecule has 0 fully saturated rings. The summed E-state index contributed by atoms with van der Waals surface area (Å²) in [5.41, 5.74) is -4.82. The fraction of sp³-hybridized carbons (Fsp3) is 0.118. The van der Waals surface area contributed by atoms with Gasteiger partial charge < -0.3 is 0 Å². The molecule has 146 valence electrons. The van der Waals surface area contributed by atoms with E-state index in [1.54, 1.807) is 6.92 Å². The maximum Gasteiger partial charge on any atom is 0.503 e. The van der Waals surface area contributed by atoms with Crippen LogP contribution in [0.4, 0.5) is 18.3 Å². The summed E-state index contributed by atoms with van der Waals surface area (Å²) in [5.74, 6) is -1.05. The zero-order chi connectivity index (χ0) is 20.5. The minimum Gasteiger partial charge on any atom is -0.298 e. The summed E-state index contributed by atoms with van der Waals surface area (Å²) in [5, 5.41) is 1.12. The van der Waals surface area contributed by atoms with Crippen molar-refractivity contribution in [3.05, 3.63) is 59.9 Å². The smallest absolute Gasteiger partial charge is 0.298 e. The SMILES string of the molecule is Cc1nc(NC(=O)c2cccnc2S(=O)(=O)C(F)(F)F)sc1-c1ccccc1. The van der Waals surface area contributed by atoms with Crippen LogP contribution in [0.25, 0.3) is 10.4 Å². The molecule has 0 aliphatic heterocycles. The predicted molar refractivity (Wildman–Crippen MR) is 97.7 cm³/mol. The van der Waals surface area contributed by atoms with Crippen LogP contribution >= 0.6 is 11.3 Å². The second-order valence-corrected chi connectivity index (χ2v) is 8.41. The molecule has 0 aliphatic carbocycles. The molecular weight excluding hydrogens is 415 g/mol. The number of carbonyl (C=O) groups is 1. The molecule has 0 atom stereocenters. The maximum absolute atomic E-state index is 12.9. The Morgan fingerprint density at radius 3 is 2.43 bits per heavy atom. The van der Waals surface area contributed by atoms with Crippen LogP contribution in [0.15, 0.2) is 53.7 Å². The highest BCUT2D eigenvalue weighted by Gasteiger charge is 2.49. The highest BCUT2D eigenvalue weighted by molar-refractivity contribution is 7.92. The third kappa shape index (κ3) is 3.76. The van der Waals surface area contributed by atoms with Gasteiger partial charge in [0.25, 0.3) is 15.7 Å². The zero-order valence-corrected chi connectivity index (χ0v) is 15.8. The first-order valence-electron chi connectivity index (χ1n) is 7.72. The van der Waals surface area contributed by atoms with Crippen LogP contribution < -0.4 is 5.32 Å². The van der Waals surface area contributed by atoms with Crippen LogP contribution in [0.5, 0.6) is 0 Å². The molecule has 11 heteroatoms. The first-order valence-corrected chi connectivity index (χ1v) is 10.0. The number of aromatic nitrogens is 2. The number of amides is 1. The van der Waals surface area contributed by atoms with Gasteiger partial charge >= 0.3 is 5.51 Å². The normalized spacial score (nSPS) is 12.0. The summed E-state index contributed by atoms with van der Waals surface area (Å²) >= 11 is 1.12. The average molecular weight is 427 g/mol. The molecule has 6 nitrogen and oxygen atoms in total. The summed E-state index contributed by atoms with van der Waals surface area (Å²) in [4.78, 5) is 20.7. The molecule has 0 radical (unpaired) electrons. The lowest BCUT2D eigenvalue weighted by atomic mass is 10.2. The van der Waals surface area contributed by atoms with Crippen LogP contribution in [0.3, 0.4) is 0 Å². The van der Waals surface area contributed by atoms with E-state index < -0.39 is 31.8 Å². The number of anilines is 1. The molecule has 2 aromatic heterocycles. The zero-order valence-electron chi connectivity index (χ0n) is 14.2. The van der Waals surface area contributed by atoms with Crippen LogP contribution in [-0.2, 0) is 9.84 Å². The summed E-state index contributed by atoms with van der Waals surface area (Å²) in [6.45, 7) is 1.72. The van der Waals surface area contributed by atoms with E-state index in [0.717, 1.165) is 34.0 Å². The van der Waals surface area contributed by atoms with Gasteiger partial charge in [0.2, 0.25) is 0 Å². The van der Waals surface area contributed by atoms with Crippen LogP contribution in [0.1, 0.15) is 16.1 Å². The third-order valence-corrected chi connectivity index (χ3v) is 6.19. The number of nitrogens with zero attached hydrogens (tertiary/aromatic N) is 2. The van der Waals surface area contributed by atoms with E-state index in [-0.39, 0.29) is 5.13 Å². The van der Waals surface area contributed by atoms with E-state index >= 15 is 0 Å². The van der Waals surface area contributed by atoms with E-state index in [9.17, 15) is 26.4 Å². The monoisotopic (exact) mass is 427 g/mol. The van der Waals surface area contributed by atoms with E-state index in [4.69, 9.17) is 0 Å². The Bertz CT molecular complexity index is 1130. The number of hydrogen-bond donors (Lipinski definition) is 1. The molecule has 0 bridgehead atoms. The van der Waals surface area contributed by atoms with Crippen LogP contribution in [0.2, 0.25) is 0 Å². The van der Waals surface area contributed by atoms with Gasteiger partial charge in [-0.2, -0.15) is 13.2 Å². The number of pyridine rings is 1. The van der Waals surface area contributed by atoms with Crippen molar-refractivity contribution in [3.63, 3.8) is 0 Å². The molecule has 2 heterocycles. The van der Waals surface area contributed by atoms with Crippen molar-refractivity contribution in [1.29, 1.82) is 0 Å². The number of sulfone groups is 1. The predicted octanol–water partition coefficient (Wildman–Crippen LogP) is 4.06. The molecule has 1 N–H and O–H groups in total. The molecule has 1 aromatic carbocycles. The number of rotatable bonds is 4. The fourth-order valence-corrected chi connectivity index (χ4v) is 4.20. The Balaban J connectivity index is 1.94. The second-order valence-electron chi connectivity index (χ2n) is 5.56. The lowest BCUT2D eigenvalue weighted by molar-refractivity contribution is -0.0438. The van der Waals surface area contributed by atoms with E-state index in [1.807, 2.05) is 30.3 Å². The van der Waals surface area contributed by atoms with E-state index in [1.165, 1.54) is 6.07 Å². The molecule has 0 aliphatic rings. The van der Waals surface area contributed by atoms with Crippen molar-refractivity contribution < 1.29 is 26.4 Å². The first kappa shape index (κ1) is 20.0. The highest BCUT2D eigenvalue weighted by Crippen LogP contribution is 2.34. The molecule has 3 aromatic rings. The first-order chi connectivity index (χ1) is 13.1. The Hall–Kier alpha value is -2.79. The summed E-state index contributed by atoms with van der Waals surface area (Å²) < 4.78 is 62.0. The molecule has 3 rings (SSSR count). The highest BCUT2D eigenvalue weighted by atomic mass is 32.2. The van der Waals surface area contributed by atoms with Crippen molar-refractivity contribution >= 4 is 32.2 Å². The van der Waals surface area contributed by atoms with Crippen LogP contribution in [0, 0.1) is 6.92 Å². The summed E-state index contributed by atoms with van der Waals surface area (Å²) in [6.07, 6.45) is 0.871. The topological polar surface area (TPSA) is 89.0 Å². The Morgan fingerprint density at radius 2 is 1.79 bits per heavy atom.